The normalized spacial score (nSPS) is 12.3. The highest BCUT2D eigenvalue weighted by Gasteiger charge is 2.41. The molecule has 2 radical (unpaired) electrons. The molecule has 32 heavy (non-hydrogen) atoms. The van der Waals surface area contributed by atoms with E-state index in [9.17, 15) is 19.7 Å². The van der Waals surface area contributed by atoms with Crippen molar-refractivity contribution < 1.29 is 28.7 Å². The van der Waals surface area contributed by atoms with Crippen LogP contribution in [-0.4, -0.2) is 29.8 Å². The van der Waals surface area contributed by atoms with Crippen LogP contribution in [0.5, 0.6) is 5.75 Å². The molecule has 1 aromatic rings. The van der Waals surface area contributed by atoms with Gasteiger partial charge in [-0.25, -0.2) is 4.79 Å². The van der Waals surface area contributed by atoms with E-state index in [1.54, 1.807) is 13.8 Å². The lowest BCUT2D eigenvalue weighted by molar-refractivity contribution is -0.384. The van der Waals surface area contributed by atoms with Gasteiger partial charge in [-0.05, 0) is 58.6 Å². The summed E-state index contributed by atoms with van der Waals surface area (Å²) in [5.41, 5.74) is -1.23. The highest BCUT2D eigenvalue weighted by Crippen LogP contribution is 2.30. The van der Waals surface area contributed by atoms with E-state index >= 15 is 0 Å². The number of non-ortho nitro benzene ring substituents is 1. The molecule has 0 aromatic heterocycles. The predicted molar refractivity (Wildman–Crippen MR) is 121 cm³/mol. The third-order valence-corrected chi connectivity index (χ3v) is 5.09. The quantitative estimate of drug-likeness (QED) is 0.111. The molecule has 1 unspecified atom stereocenters. The minimum atomic E-state index is -1.10. The van der Waals surface area contributed by atoms with Gasteiger partial charge in [0.2, 0.25) is 0 Å². The Morgan fingerprint density at radius 1 is 1.06 bits per heavy atom. The summed E-state index contributed by atoms with van der Waals surface area (Å²) >= 11 is 0. The van der Waals surface area contributed by atoms with Crippen LogP contribution in [0.1, 0.15) is 65.7 Å². The Labute approximate surface area is 190 Å². The van der Waals surface area contributed by atoms with Gasteiger partial charge in [-0.15, -0.1) is 0 Å². The second-order valence-corrected chi connectivity index (χ2v) is 8.45. The van der Waals surface area contributed by atoms with Crippen molar-refractivity contribution in [1.82, 2.24) is 0 Å². The Morgan fingerprint density at radius 3 is 2.22 bits per heavy atom. The minimum Gasteiger partial charge on any atom is -0.465 e. The van der Waals surface area contributed by atoms with Gasteiger partial charge in [0.25, 0.3) is 5.69 Å². The van der Waals surface area contributed by atoms with E-state index in [0.29, 0.717) is 6.42 Å². The number of ether oxygens (including phenoxy) is 3. The number of nitro benzene ring substituents is 1. The summed E-state index contributed by atoms with van der Waals surface area (Å²) in [7, 11) is 0. The van der Waals surface area contributed by atoms with E-state index in [1.807, 2.05) is 0 Å². The zero-order chi connectivity index (χ0) is 24.1. The molecule has 0 fully saturated rings. The van der Waals surface area contributed by atoms with Gasteiger partial charge >= 0.3 is 12.1 Å². The molecule has 0 saturated carbocycles. The fourth-order valence-corrected chi connectivity index (χ4v) is 3.06. The molecule has 8 nitrogen and oxygen atoms in total. The third kappa shape index (κ3) is 9.66. The summed E-state index contributed by atoms with van der Waals surface area (Å²) in [4.78, 5) is 35.3. The van der Waals surface area contributed by atoms with E-state index in [4.69, 9.17) is 14.2 Å². The maximum Gasteiger partial charge on any atom is 0.514 e. The van der Waals surface area contributed by atoms with E-state index in [0.717, 1.165) is 32.1 Å². The third-order valence-electron chi connectivity index (χ3n) is 5.09. The molecule has 0 N–H and O–H groups in total. The molecule has 0 aliphatic carbocycles. The summed E-state index contributed by atoms with van der Waals surface area (Å²) in [6, 6.07) is 5.08. The van der Waals surface area contributed by atoms with Gasteiger partial charge in [0, 0.05) is 12.1 Å². The summed E-state index contributed by atoms with van der Waals surface area (Å²) in [6.07, 6.45) is 5.01. The van der Waals surface area contributed by atoms with Crippen molar-refractivity contribution in [3.8, 4) is 5.75 Å². The van der Waals surface area contributed by atoms with E-state index in [2.05, 4.69) is 20.8 Å². The molecule has 0 spiro atoms. The lowest BCUT2D eigenvalue weighted by Crippen LogP contribution is -2.42. The molecule has 1 rings (SSSR count). The van der Waals surface area contributed by atoms with E-state index in [1.165, 1.54) is 30.7 Å². The van der Waals surface area contributed by atoms with Gasteiger partial charge in [-0.1, -0.05) is 39.0 Å². The van der Waals surface area contributed by atoms with Crippen molar-refractivity contribution in [3.05, 3.63) is 48.2 Å². The van der Waals surface area contributed by atoms with Crippen LogP contribution in [0.15, 0.2) is 24.3 Å². The number of hydrogen-bond acceptors (Lipinski definition) is 7. The molecule has 0 aliphatic rings. The van der Waals surface area contributed by atoms with Crippen LogP contribution in [-0.2, 0) is 14.3 Å². The molecule has 0 aliphatic heterocycles. The lowest BCUT2D eigenvalue weighted by Gasteiger charge is -2.31. The molecule has 0 heterocycles. The Hall–Kier alpha value is -2.64. The summed E-state index contributed by atoms with van der Waals surface area (Å²) in [5, 5.41) is 10.8. The Balaban J connectivity index is 2.80. The van der Waals surface area contributed by atoms with Gasteiger partial charge in [-0.2, -0.15) is 0 Å². The van der Waals surface area contributed by atoms with Crippen LogP contribution in [0.25, 0.3) is 0 Å². The maximum atomic E-state index is 12.7. The number of esters is 1. The lowest BCUT2D eigenvalue weighted by atomic mass is 9.83. The molecule has 8 heteroatoms. The van der Waals surface area contributed by atoms with Crippen LogP contribution in [0.4, 0.5) is 10.5 Å². The Morgan fingerprint density at radius 2 is 1.66 bits per heavy atom. The van der Waals surface area contributed by atoms with Crippen molar-refractivity contribution in [1.29, 1.82) is 0 Å². The molecular formula is C24H35NO7. The zero-order valence-electron chi connectivity index (χ0n) is 19.3. The van der Waals surface area contributed by atoms with E-state index in [-0.39, 0.29) is 24.0 Å². The predicted octanol–water partition coefficient (Wildman–Crippen LogP) is 6.08. The summed E-state index contributed by atoms with van der Waals surface area (Å²) in [6.45, 7) is 12.9. The number of rotatable bonds is 14. The average Bonchev–Trinajstić information content (AvgIpc) is 2.73. The monoisotopic (exact) mass is 449 g/mol. The van der Waals surface area contributed by atoms with Gasteiger partial charge in [0.05, 0.1) is 16.9 Å². The first-order chi connectivity index (χ1) is 15.1. The first kappa shape index (κ1) is 27.4. The van der Waals surface area contributed by atoms with Crippen LogP contribution in [0.2, 0.25) is 0 Å². The number of carbonyl (C=O) groups is 2. The number of unbranched alkanes of at least 4 members (excludes halogenated alkanes) is 5. The van der Waals surface area contributed by atoms with Gasteiger partial charge in [0.1, 0.15) is 11.9 Å². The number of carbonyl (C=O) groups excluding carboxylic acids is 2. The van der Waals surface area contributed by atoms with Crippen LogP contribution >= 0.6 is 0 Å². The minimum absolute atomic E-state index is 0.0687. The summed E-state index contributed by atoms with van der Waals surface area (Å²) in [5.74, 6) is -0.704. The Bertz CT molecular complexity index is 728. The number of nitrogens with zero attached hydrogens (tertiary/aromatic N) is 1. The second-order valence-electron chi connectivity index (χ2n) is 8.45. The van der Waals surface area contributed by atoms with Gasteiger partial charge < -0.3 is 14.2 Å². The van der Waals surface area contributed by atoms with Crippen molar-refractivity contribution >= 4 is 17.8 Å². The first-order valence-electron chi connectivity index (χ1n) is 11.0. The van der Waals surface area contributed by atoms with Crippen LogP contribution in [0.3, 0.4) is 0 Å². The van der Waals surface area contributed by atoms with Crippen molar-refractivity contribution in [2.45, 2.75) is 71.8 Å². The number of hydrogen-bond donors (Lipinski definition) is 0. The number of benzene rings is 1. The molecule has 178 valence electrons. The maximum absolute atomic E-state index is 12.7. The standard InChI is InChI=1S/C24H35NO7/c1-6-7-8-9-10-11-12-21(24(4,5)22(26)30-17-18(2)3)32-23(27)31-20-15-13-19(14-16-20)25(28)29/h13-16,18,21H,2-3,6-12,17H2,1,4-5H3. The largest absolute Gasteiger partial charge is 0.514 e. The zero-order valence-corrected chi connectivity index (χ0v) is 19.3. The van der Waals surface area contributed by atoms with Gasteiger partial charge in [0.15, 0.2) is 0 Å². The molecule has 0 bridgehead atoms. The van der Waals surface area contributed by atoms with Crippen LogP contribution < -0.4 is 4.74 Å². The molecule has 1 atom stereocenters. The van der Waals surface area contributed by atoms with Crippen molar-refractivity contribution in [3.63, 3.8) is 0 Å². The van der Waals surface area contributed by atoms with Gasteiger partial charge in [-0.3, -0.25) is 14.9 Å². The van der Waals surface area contributed by atoms with Crippen molar-refractivity contribution in [2.24, 2.45) is 11.3 Å². The molecule has 1 aromatic carbocycles. The number of nitro groups is 1. The van der Waals surface area contributed by atoms with Crippen molar-refractivity contribution in [2.75, 3.05) is 6.61 Å². The summed E-state index contributed by atoms with van der Waals surface area (Å²) < 4.78 is 16.0. The molecule has 0 amide bonds. The first-order valence-corrected chi connectivity index (χ1v) is 11.0. The SMILES string of the molecule is [CH2]C([CH2])COC(=O)C(C)(C)C(CCCCCCCC)OC(=O)Oc1ccc([N+](=O)[O-])cc1. The fourth-order valence-electron chi connectivity index (χ4n) is 3.06. The molecule has 0 saturated heterocycles. The average molecular weight is 450 g/mol. The second kappa shape index (κ2) is 13.7. The molecular weight excluding hydrogens is 414 g/mol. The highest BCUT2D eigenvalue weighted by molar-refractivity contribution is 5.77. The highest BCUT2D eigenvalue weighted by atomic mass is 16.7. The van der Waals surface area contributed by atoms with E-state index < -0.39 is 28.6 Å². The topological polar surface area (TPSA) is 105 Å². The smallest absolute Gasteiger partial charge is 0.465 e. The fraction of sp³-hybridized carbons (Fsp3) is 0.583. The van der Waals surface area contributed by atoms with Crippen LogP contribution in [0, 0.1) is 35.3 Å². The Kier molecular flexibility index (Phi) is 11.7.